The molecular formula is C10H11Cl2O3P. The van der Waals surface area contributed by atoms with Crippen LogP contribution in [0.5, 0.6) is 5.75 Å². The Morgan fingerprint density at radius 2 is 1.62 bits per heavy atom. The molecule has 1 aliphatic rings. The highest BCUT2D eigenvalue weighted by Crippen LogP contribution is 2.43. The Kier molecular flexibility index (Phi) is 4.68. The molecule has 88 valence electrons. The van der Waals surface area contributed by atoms with Gasteiger partial charge >= 0.3 is 8.60 Å². The fourth-order valence-corrected chi connectivity index (χ4v) is 2.62. The summed E-state index contributed by atoms with van der Waals surface area (Å²) >= 11 is 11.9. The molecular weight excluding hydrogens is 270 g/mol. The van der Waals surface area contributed by atoms with Crippen molar-refractivity contribution in [1.82, 2.24) is 0 Å². The van der Waals surface area contributed by atoms with Gasteiger partial charge in [0.2, 0.25) is 0 Å². The molecule has 0 radical (unpaired) electrons. The minimum atomic E-state index is -1.40. The van der Waals surface area contributed by atoms with E-state index in [1.54, 1.807) is 0 Å². The average Bonchev–Trinajstić information content (AvgIpc) is 2.46. The number of para-hydroxylation sites is 1. The zero-order chi connectivity index (χ0) is 11.4. The molecule has 1 fully saturated rings. The first-order valence-corrected chi connectivity index (χ1v) is 6.79. The number of halogens is 2. The first-order valence-electron chi connectivity index (χ1n) is 4.83. The first-order chi connectivity index (χ1) is 7.75. The molecule has 1 aromatic carbocycles. The summed E-state index contributed by atoms with van der Waals surface area (Å²) in [7, 11) is -1.40. The Bertz CT molecular complexity index is 313. The zero-order valence-corrected chi connectivity index (χ0v) is 10.8. The highest BCUT2D eigenvalue weighted by Gasteiger charge is 2.28. The zero-order valence-electron chi connectivity index (χ0n) is 8.38. The van der Waals surface area contributed by atoms with Gasteiger partial charge in [-0.3, -0.25) is 0 Å². The van der Waals surface area contributed by atoms with Gasteiger partial charge in [-0.15, -0.1) is 23.2 Å². The molecule has 0 aliphatic carbocycles. The Hall–Kier alpha value is -0.0500. The van der Waals surface area contributed by atoms with Gasteiger partial charge in [0.05, 0.1) is 24.0 Å². The maximum Gasteiger partial charge on any atom is 0.397 e. The van der Waals surface area contributed by atoms with Gasteiger partial charge in [-0.25, -0.2) is 0 Å². The van der Waals surface area contributed by atoms with E-state index in [0.29, 0.717) is 19.0 Å². The number of alkyl halides is 2. The molecule has 0 bridgehead atoms. The molecule has 0 amide bonds. The largest absolute Gasteiger partial charge is 0.427 e. The molecule has 0 spiro atoms. The molecule has 2 rings (SSSR count). The molecule has 0 N–H and O–H groups in total. The van der Waals surface area contributed by atoms with Gasteiger partial charge in [0.25, 0.3) is 0 Å². The average molecular weight is 281 g/mol. The molecule has 1 aromatic rings. The second-order valence-electron chi connectivity index (χ2n) is 3.25. The van der Waals surface area contributed by atoms with Gasteiger partial charge in [-0.2, -0.15) is 0 Å². The van der Waals surface area contributed by atoms with Gasteiger partial charge in [0, 0.05) is 0 Å². The standard InChI is InChI=1S/C10H11Cl2O3P/c11-9-6-13-16(14-7-10(9)12)15-8-4-2-1-3-5-8/h1-5,9-10H,6-7H2. The van der Waals surface area contributed by atoms with E-state index in [0.717, 1.165) is 0 Å². The summed E-state index contributed by atoms with van der Waals surface area (Å²) in [5.41, 5.74) is 0. The molecule has 6 heteroatoms. The van der Waals surface area contributed by atoms with Crippen LogP contribution >= 0.6 is 31.8 Å². The van der Waals surface area contributed by atoms with Crippen molar-refractivity contribution in [3.8, 4) is 5.75 Å². The quantitative estimate of drug-likeness (QED) is 0.613. The summed E-state index contributed by atoms with van der Waals surface area (Å²) < 4.78 is 16.3. The monoisotopic (exact) mass is 280 g/mol. The van der Waals surface area contributed by atoms with E-state index in [1.165, 1.54) is 0 Å². The summed E-state index contributed by atoms with van der Waals surface area (Å²) in [6.07, 6.45) is 0. The van der Waals surface area contributed by atoms with Crippen molar-refractivity contribution in [3.05, 3.63) is 30.3 Å². The van der Waals surface area contributed by atoms with Crippen LogP contribution in [0.3, 0.4) is 0 Å². The number of hydrogen-bond donors (Lipinski definition) is 0. The normalized spacial score (nSPS) is 30.8. The number of hydrogen-bond acceptors (Lipinski definition) is 3. The number of benzene rings is 1. The molecule has 3 nitrogen and oxygen atoms in total. The van der Waals surface area contributed by atoms with Crippen LogP contribution in [0.25, 0.3) is 0 Å². The summed E-state index contributed by atoms with van der Waals surface area (Å²) in [4.78, 5) is 0. The van der Waals surface area contributed by atoms with Crippen LogP contribution in [0.4, 0.5) is 0 Å². The lowest BCUT2D eigenvalue weighted by molar-refractivity contribution is 0.240. The summed E-state index contributed by atoms with van der Waals surface area (Å²) in [5.74, 6) is 0.716. The third-order valence-electron chi connectivity index (χ3n) is 1.99. The van der Waals surface area contributed by atoms with Crippen molar-refractivity contribution >= 4 is 31.8 Å². The Balaban J connectivity index is 1.91. The van der Waals surface area contributed by atoms with E-state index < -0.39 is 8.60 Å². The van der Waals surface area contributed by atoms with E-state index in [-0.39, 0.29) is 10.8 Å². The van der Waals surface area contributed by atoms with Crippen LogP contribution in [0.1, 0.15) is 0 Å². The van der Waals surface area contributed by atoms with Crippen molar-refractivity contribution in [3.63, 3.8) is 0 Å². The van der Waals surface area contributed by atoms with Crippen molar-refractivity contribution < 1.29 is 13.6 Å². The highest BCUT2D eigenvalue weighted by molar-refractivity contribution is 7.42. The van der Waals surface area contributed by atoms with Gasteiger partial charge in [0.1, 0.15) is 5.75 Å². The van der Waals surface area contributed by atoms with Crippen molar-refractivity contribution in [2.75, 3.05) is 13.2 Å². The van der Waals surface area contributed by atoms with E-state index in [9.17, 15) is 0 Å². The van der Waals surface area contributed by atoms with Gasteiger partial charge in [0.15, 0.2) is 0 Å². The van der Waals surface area contributed by atoms with E-state index >= 15 is 0 Å². The van der Waals surface area contributed by atoms with Crippen LogP contribution in [-0.4, -0.2) is 24.0 Å². The summed E-state index contributed by atoms with van der Waals surface area (Å²) in [5, 5.41) is -0.484. The van der Waals surface area contributed by atoms with E-state index in [2.05, 4.69) is 0 Å². The summed E-state index contributed by atoms with van der Waals surface area (Å²) in [6.45, 7) is 0.683. The van der Waals surface area contributed by atoms with Crippen molar-refractivity contribution in [2.24, 2.45) is 0 Å². The van der Waals surface area contributed by atoms with Gasteiger partial charge in [-0.05, 0) is 12.1 Å². The molecule has 0 saturated carbocycles. The lowest BCUT2D eigenvalue weighted by atomic mass is 10.3. The first kappa shape index (κ1) is 12.4. The van der Waals surface area contributed by atoms with Crippen LogP contribution < -0.4 is 4.52 Å². The Morgan fingerprint density at radius 3 is 2.19 bits per heavy atom. The summed E-state index contributed by atoms with van der Waals surface area (Å²) in [6, 6.07) is 9.37. The van der Waals surface area contributed by atoms with Crippen LogP contribution in [0.2, 0.25) is 0 Å². The minimum Gasteiger partial charge on any atom is -0.427 e. The van der Waals surface area contributed by atoms with Crippen molar-refractivity contribution in [2.45, 2.75) is 10.8 Å². The third kappa shape index (κ3) is 3.47. The lowest BCUT2D eigenvalue weighted by Gasteiger charge is -2.13. The van der Waals surface area contributed by atoms with Crippen LogP contribution in [0, 0.1) is 0 Å². The molecule has 0 aromatic heterocycles. The Labute approximate surface area is 106 Å². The molecule has 1 saturated heterocycles. The highest BCUT2D eigenvalue weighted by atomic mass is 35.5. The second-order valence-corrected chi connectivity index (χ2v) is 5.52. The fourth-order valence-electron chi connectivity index (χ4n) is 1.13. The smallest absolute Gasteiger partial charge is 0.397 e. The molecule has 1 heterocycles. The number of rotatable bonds is 2. The van der Waals surface area contributed by atoms with E-state index in [1.807, 2.05) is 30.3 Å². The lowest BCUT2D eigenvalue weighted by Crippen LogP contribution is -2.20. The minimum absolute atomic E-state index is 0.242. The van der Waals surface area contributed by atoms with Gasteiger partial charge in [-0.1, -0.05) is 18.2 Å². The third-order valence-corrected chi connectivity index (χ3v) is 4.06. The van der Waals surface area contributed by atoms with Crippen LogP contribution in [0.15, 0.2) is 30.3 Å². The predicted molar refractivity (Wildman–Crippen MR) is 65.2 cm³/mol. The predicted octanol–water partition coefficient (Wildman–Crippen LogP) is 3.55. The maximum atomic E-state index is 5.96. The topological polar surface area (TPSA) is 27.7 Å². The van der Waals surface area contributed by atoms with Crippen LogP contribution in [-0.2, 0) is 9.05 Å². The second kappa shape index (κ2) is 6.04. The van der Waals surface area contributed by atoms with Crippen molar-refractivity contribution in [1.29, 1.82) is 0 Å². The molecule has 2 atom stereocenters. The Morgan fingerprint density at radius 1 is 1.06 bits per heavy atom. The SMILES string of the molecule is ClC1COP(Oc2ccccc2)OCC1Cl. The van der Waals surface area contributed by atoms with E-state index in [4.69, 9.17) is 36.8 Å². The fraction of sp³-hybridized carbons (Fsp3) is 0.400. The molecule has 16 heavy (non-hydrogen) atoms. The molecule has 1 aliphatic heterocycles. The molecule has 2 unspecified atom stereocenters. The van der Waals surface area contributed by atoms with Gasteiger partial charge < -0.3 is 13.6 Å². The maximum absolute atomic E-state index is 5.96.